The molecule has 0 amide bonds. The van der Waals surface area contributed by atoms with Crippen molar-refractivity contribution in [3.8, 4) is 0 Å². The Morgan fingerprint density at radius 1 is 0.293 bits per heavy atom. The zero-order valence-electron chi connectivity index (χ0n) is 74.7. The van der Waals surface area contributed by atoms with Gasteiger partial charge < -0.3 is 63.1 Å². The number of nitrogens with zero attached hydrogens (tertiary/aromatic N) is 3. The summed E-state index contributed by atoms with van der Waals surface area (Å²) in [5, 5.41) is 3.61. The van der Waals surface area contributed by atoms with Gasteiger partial charge in [-0.05, 0) is 226 Å². The predicted molar refractivity (Wildman–Crippen MR) is 523 cm³/mol. The van der Waals surface area contributed by atoms with Gasteiger partial charge in [0, 0.05) is 161 Å². The van der Waals surface area contributed by atoms with E-state index in [1.807, 2.05) is 71.4 Å². The van der Waals surface area contributed by atoms with E-state index in [2.05, 4.69) is 14.7 Å². The summed E-state index contributed by atoms with van der Waals surface area (Å²) in [6.07, 6.45) is 1.74. The zero-order valence-corrected chi connectivity index (χ0v) is 86.4. The van der Waals surface area contributed by atoms with E-state index >= 15 is 0 Å². The maximum Gasteiger partial charge on any atom is 0.261 e. The Labute approximate surface area is 823 Å². The molecule has 0 radical (unpaired) electrons. The largest absolute Gasteiger partial charge is 0.382 e. The summed E-state index contributed by atoms with van der Waals surface area (Å²) in [7, 11) is -9.47. The van der Waals surface area contributed by atoms with Crippen LogP contribution >= 0.6 is 91.0 Å². The number of benzene rings is 8. The molecule has 42 heteroatoms. The highest BCUT2D eigenvalue weighted by molar-refractivity contribution is 8.14. The number of nitrogens with two attached hydrogens (primary N) is 1. The first kappa shape index (κ1) is 113. The number of sulfone groups is 5. The van der Waals surface area contributed by atoms with Crippen LogP contribution in [0.15, 0.2) is 192 Å². The summed E-state index contributed by atoms with van der Waals surface area (Å²) in [6, 6.07) is 42.5. The average molecular weight is 2140 g/mol. The molecule has 8 aromatic rings. The normalized spacial score (nSPS) is 15.8. The maximum atomic E-state index is 13.2. The second-order valence-corrected chi connectivity index (χ2v) is 49.7. The summed E-state index contributed by atoms with van der Waals surface area (Å²) < 4.78 is 221. The highest BCUT2D eigenvalue weighted by Crippen LogP contribution is 2.43. The number of likely N-dealkylation sites (N-methyl/N-ethyl adjacent to an activating group) is 3. The van der Waals surface area contributed by atoms with Gasteiger partial charge in [0.15, 0.2) is 49.2 Å². The maximum absolute atomic E-state index is 13.2. The van der Waals surface area contributed by atoms with E-state index < -0.39 is 67.3 Å². The van der Waals surface area contributed by atoms with Gasteiger partial charge in [0.2, 0.25) is 0 Å². The molecule has 3 aliphatic heterocycles. The molecule has 3 unspecified atom stereocenters. The Morgan fingerprint density at radius 2 is 0.511 bits per heavy atom. The Bertz CT molecular complexity index is 5920. The molecule has 3 heterocycles. The minimum Gasteiger partial charge on any atom is -0.382 e. The Hall–Kier alpha value is -4.79. The number of halogens is 8. The number of fused-ring (bicyclic) bond motifs is 3. The Kier molecular flexibility index (Phi) is 47.3. The van der Waals surface area contributed by atoms with Crippen LogP contribution in [0, 0.1) is 0 Å². The number of hydrogen-bond donors (Lipinski definition) is 1. The fraction of sp³-hybridized carbons (Fsp3) is 0.473. The summed E-state index contributed by atoms with van der Waals surface area (Å²) >= 11 is 38.3. The van der Waals surface area contributed by atoms with Crippen molar-refractivity contribution >= 4 is 158 Å². The molecule has 0 aliphatic carbocycles. The summed E-state index contributed by atoms with van der Waals surface area (Å²) in [4.78, 5) is 6.78. The third kappa shape index (κ3) is 37.0. The van der Waals surface area contributed by atoms with Gasteiger partial charge in [-0.3, -0.25) is 0 Å². The van der Waals surface area contributed by atoms with Crippen molar-refractivity contribution in [2.45, 2.75) is 118 Å². The van der Waals surface area contributed by atoms with Crippen molar-refractivity contribution in [1.82, 2.24) is 14.7 Å². The van der Waals surface area contributed by atoms with Crippen LogP contribution in [0.4, 0.5) is 0 Å². The topological polar surface area (TPSA) is 358 Å². The molecule has 3 aliphatic rings. The van der Waals surface area contributed by atoms with Gasteiger partial charge in [0.05, 0.1) is 136 Å². The molecule has 2 N–H and O–H groups in total. The van der Waals surface area contributed by atoms with Gasteiger partial charge in [-0.2, -0.15) is 0 Å². The molecule has 3 atom stereocenters. The molecular formula is C91H116Cl8N4O23S7. The number of hydrogen-bond acceptors (Lipinski definition) is 27. The standard InChI is InChI=1S/C37H49Cl2NO10S3.C25H34Cl2N2O5S.C23H29Cl2NO4S.C6H4Cl2O4S2/c1-3-47-13-6-20-52(43,44)32-11-5-12-33(26-32)53(45,46)22-8-15-49-17-19-50-18-16-48-14-7-21-51(41,42)31-10-4-9-29(23-31)35-27-40(2)28-36-34(35)24-30(38)25-37(36)39;1-29-17-23(22-15-20(26)16-25(27)24(22)18-29)19-4-2-5-21(14-19)35(30,31)13-3-7-32-9-11-34-12-10-33-8-6-28;1-3-29-9-10-30-8-5-11-31(27,28)19-7-4-6-17(12-19)21-15-26(2)16-22-20(21)13-18(24)14-23(22)25;7-13(9,10)5-2-1-3-6(4-5)14(8,11)12/h4-5,9-12,23-26,35H,3,6-8,13-22,27-28H2,1-2H3;2,4-5,14-16,23H,3,6-13,17-18,28H2,1H3;4,6-7,12-14,21H,3,5,8-11,15-16H2,1-2H3;1-4H. The lowest BCUT2D eigenvalue weighted by molar-refractivity contribution is 0.0149. The highest BCUT2D eigenvalue weighted by Gasteiger charge is 2.33. The monoisotopic (exact) mass is 2140 g/mol. The lowest BCUT2D eigenvalue weighted by Gasteiger charge is -2.33. The first-order chi connectivity index (χ1) is 63.1. The molecule has 11 rings (SSSR count). The van der Waals surface area contributed by atoms with Gasteiger partial charge in [0.25, 0.3) is 18.1 Å². The van der Waals surface area contributed by atoms with Gasteiger partial charge in [-0.15, -0.1) is 0 Å². The van der Waals surface area contributed by atoms with Crippen molar-refractivity contribution in [2.75, 3.05) is 195 Å². The number of ether oxygens (including phenoxy) is 9. The molecule has 0 bridgehead atoms. The first-order valence-corrected chi connectivity index (χ1v) is 58.1. The van der Waals surface area contributed by atoms with Crippen molar-refractivity contribution in [1.29, 1.82) is 0 Å². The highest BCUT2D eigenvalue weighted by atomic mass is 35.7. The smallest absolute Gasteiger partial charge is 0.261 e. The van der Waals surface area contributed by atoms with E-state index in [1.54, 1.807) is 72.8 Å². The molecule has 27 nitrogen and oxygen atoms in total. The minimum absolute atomic E-state index is 0.00185. The molecule has 0 spiro atoms. The van der Waals surface area contributed by atoms with E-state index in [4.69, 9.17) is 139 Å². The van der Waals surface area contributed by atoms with E-state index in [-0.39, 0.29) is 110 Å². The Balaban J connectivity index is 0.000000236. The zero-order chi connectivity index (χ0) is 97.2. The second-order valence-electron chi connectivity index (χ2n) is 31.5. The summed E-state index contributed by atoms with van der Waals surface area (Å²) in [6.45, 7) is 15.8. The second kappa shape index (κ2) is 55.4. The molecule has 133 heavy (non-hydrogen) atoms. The van der Waals surface area contributed by atoms with E-state index in [9.17, 15) is 58.9 Å². The van der Waals surface area contributed by atoms with E-state index in [0.29, 0.717) is 171 Å². The molecule has 0 saturated carbocycles. The van der Waals surface area contributed by atoms with Crippen LogP contribution in [0.2, 0.25) is 30.1 Å². The predicted octanol–water partition coefficient (Wildman–Crippen LogP) is 15.9. The molecule has 8 aromatic carbocycles. The Morgan fingerprint density at radius 3 is 0.774 bits per heavy atom. The van der Waals surface area contributed by atoms with Crippen molar-refractivity contribution in [3.63, 3.8) is 0 Å². The molecule has 736 valence electrons. The third-order valence-electron chi connectivity index (χ3n) is 21.3. The van der Waals surface area contributed by atoms with Crippen LogP contribution in [0.1, 0.15) is 114 Å². The molecule has 0 fully saturated rings. The van der Waals surface area contributed by atoms with E-state index in [1.165, 1.54) is 42.5 Å². The first-order valence-electron chi connectivity index (χ1n) is 43.0. The SMILES string of the molecule is CCOCCCS(=O)(=O)c1cccc(S(=O)(=O)CCCOCCOCCOCCCS(=O)(=O)c2cccc(C3CN(C)Cc4c(Cl)cc(Cl)cc43)c2)c1.CCOCCOCCCS(=O)(=O)c1cccc(C2CN(C)Cc3c(Cl)cc(Cl)cc32)c1.CN1Cc2c(Cl)cc(Cl)cc2C(c2cccc(S(=O)(=O)CCCOCCOCCOCCN)c2)C1.O=S(=O)(Cl)c1cccc(S(=O)(=O)Cl)c1. The fourth-order valence-electron chi connectivity index (χ4n) is 14.8. The lowest BCUT2D eigenvalue weighted by Crippen LogP contribution is -2.31. The van der Waals surface area contributed by atoms with Gasteiger partial charge >= 0.3 is 0 Å². The van der Waals surface area contributed by atoms with Crippen LogP contribution in [0.3, 0.4) is 0 Å². The van der Waals surface area contributed by atoms with Gasteiger partial charge in [-0.1, -0.05) is 118 Å². The quantitative estimate of drug-likeness (QED) is 0.0273. The van der Waals surface area contributed by atoms with Crippen LogP contribution in [0.25, 0.3) is 0 Å². The van der Waals surface area contributed by atoms with Crippen LogP contribution in [-0.4, -0.2) is 269 Å². The molecule has 0 saturated heterocycles. The van der Waals surface area contributed by atoms with Crippen LogP contribution in [0.5, 0.6) is 0 Å². The van der Waals surface area contributed by atoms with Crippen molar-refractivity contribution in [2.24, 2.45) is 5.73 Å². The minimum atomic E-state index is -3.94. The fourth-order valence-corrected chi connectivity index (χ4v) is 24.9. The molecular weight excluding hydrogens is 2030 g/mol. The van der Waals surface area contributed by atoms with Crippen LogP contribution < -0.4 is 5.73 Å². The van der Waals surface area contributed by atoms with Crippen molar-refractivity contribution in [3.05, 3.63) is 238 Å². The molecule has 0 aromatic heterocycles. The summed E-state index contributed by atoms with van der Waals surface area (Å²) in [5.74, 6) is -0.381. The third-order valence-corrected chi connectivity index (χ3v) is 34.6. The number of rotatable bonds is 49. The van der Waals surface area contributed by atoms with Crippen LogP contribution in [-0.2, 0) is 130 Å². The van der Waals surface area contributed by atoms with Crippen molar-refractivity contribution < 1.29 is 102 Å². The lowest BCUT2D eigenvalue weighted by atomic mass is 9.85. The van der Waals surface area contributed by atoms with E-state index in [0.717, 1.165) is 82.3 Å². The van der Waals surface area contributed by atoms with Gasteiger partial charge in [-0.25, -0.2) is 58.9 Å². The summed E-state index contributed by atoms with van der Waals surface area (Å²) in [5.41, 5.74) is 14.3. The van der Waals surface area contributed by atoms with Gasteiger partial charge in [0.1, 0.15) is 0 Å². The average Bonchev–Trinajstić information content (AvgIpc) is 0.777.